The standard InChI is InChI=1S/C14H22O5Si/c1-8-11-9(13(15)18-8)6-7-10(19-20(3,4)5)12(11)14(16)17-2/h7-9,11-12H,6H2,1-5H3/t8-,9-,11-,12?/m0/s1. The summed E-state index contributed by atoms with van der Waals surface area (Å²) in [5.74, 6) is -0.905. The van der Waals surface area contributed by atoms with Crippen molar-refractivity contribution in [2.75, 3.05) is 7.11 Å². The van der Waals surface area contributed by atoms with Crippen molar-refractivity contribution in [2.45, 2.75) is 39.1 Å². The van der Waals surface area contributed by atoms with E-state index in [9.17, 15) is 9.59 Å². The summed E-state index contributed by atoms with van der Waals surface area (Å²) in [6.07, 6.45) is 2.15. The van der Waals surface area contributed by atoms with Gasteiger partial charge in [0.05, 0.1) is 18.8 Å². The predicted molar refractivity (Wildman–Crippen MR) is 75.2 cm³/mol. The van der Waals surface area contributed by atoms with Crippen molar-refractivity contribution in [2.24, 2.45) is 17.8 Å². The summed E-state index contributed by atoms with van der Waals surface area (Å²) < 4.78 is 16.2. The van der Waals surface area contributed by atoms with Crippen LogP contribution in [0, 0.1) is 17.8 Å². The summed E-state index contributed by atoms with van der Waals surface area (Å²) in [5, 5.41) is 0. The Morgan fingerprint density at radius 3 is 2.60 bits per heavy atom. The summed E-state index contributed by atoms with van der Waals surface area (Å²) in [6, 6.07) is 0. The third-order valence-electron chi connectivity index (χ3n) is 3.75. The number of hydrogen-bond acceptors (Lipinski definition) is 5. The van der Waals surface area contributed by atoms with Crippen molar-refractivity contribution in [1.29, 1.82) is 0 Å². The molecule has 5 nitrogen and oxygen atoms in total. The molecule has 0 saturated carbocycles. The minimum absolute atomic E-state index is 0.189. The largest absolute Gasteiger partial charge is 0.547 e. The fraction of sp³-hybridized carbons (Fsp3) is 0.714. The number of ether oxygens (including phenoxy) is 2. The Kier molecular flexibility index (Phi) is 3.95. The van der Waals surface area contributed by atoms with Crippen molar-refractivity contribution < 1.29 is 23.5 Å². The third kappa shape index (κ3) is 2.75. The molecule has 0 spiro atoms. The summed E-state index contributed by atoms with van der Waals surface area (Å²) in [5.41, 5.74) is 0. The van der Waals surface area contributed by atoms with Crippen LogP contribution in [-0.2, 0) is 23.5 Å². The highest BCUT2D eigenvalue weighted by Gasteiger charge is 2.53. The van der Waals surface area contributed by atoms with E-state index < -0.39 is 14.2 Å². The highest BCUT2D eigenvalue weighted by atomic mass is 28.4. The van der Waals surface area contributed by atoms with Crippen LogP contribution >= 0.6 is 0 Å². The lowest BCUT2D eigenvalue weighted by molar-refractivity contribution is -0.148. The van der Waals surface area contributed by atoms with E-state index in [4.69, 9.17) is 13.9 Å². The molecule has 20 heavy (non-hydrogen) atoms. The van der Waals surface area contributed by atoms with Gasteiger partial charge in [-0.25, -0.2) is 0 Å². The van der Waals surface area contributed by atoms with E-state index >= 15 is 0 Å². The summed E-state index contributed by atoms with van der Waals surface area (Å²) in [7, 11) is -0.468. The van der Waals surface area contributed by atoms with Gasteiger partial charge >= 0.3 is 11.9 Å². The van der Waals surface area contributed by atoms with Gasteiger partial charge in [-0.1, -0.05) is 0 Å². The van der Waals surface area contributed by atoms with Crippen LogP contribution in [0.1, 0.15) is 13.3 Å². The number of cyclic esters (lactones) is 1. The first-order valence-corrected chi connectivity index (χ1v) is 10.3. The Morgan fingerprint density at radius 2 is 2.05 bits per heavy atom. The van der Waals surface area contributed by atoms with E-state index in [-0.39, 0.29) is 29.9 Å². The molecule has 0 aromatic rings. The number of allylic oxidation sites excluding steroid dienone is 1. The SMILES string of the molecule is COC(=O)C1C(O[Si](C)(C)C)=CC[C@@H]2C(=O)O[C@@H](C)[C@H]12. The number of hydrogen-bond donors (Lipinski definition) is 0. The number of carbonyl (C=O) groups excluding carboxylic acids is 2. The lowest BCUT2D eigenvalue weighted by atomic mass is 9.74. The first-order valence-electron chi connectivity index (χ1n) is 6.92. The average molecular weight is 298 g/mol. The van der Waals surface area contributed by atoms with E-state index in [1.807, 2.05) is 13.0 Å². The molecule has 1 unspecified atom stereocenters. The highest BCUT2D eigenvalue weighted by molar-refractivity contribution is 6.70. The molecule has 1 aliphatic heterocycles. The topological polar surface area (TPSA) is 61.8 Å². The van der Waals surface area contributed by atoms with Crippen molar-refractivity contribution in [3.8, 4) is 0 Å². The van der Waals surface area contributed by atoms with Gasteiger partial charge in [-0.05, 0) is 39.1 Å². The minimum Gasteiger partial charge on any atom is -0.547 e. The van der Waals surface area contributed by atoms with Gasteiger partial charge in [-0.2, -0.15) is 0 Å². The van der Waals surface area contributed by atoms with E-state index in [0.29, 0.717) is 12.2 Å². The molecule has 4 atom stereocenters. The van der Waals surface area contributed by atoms with E-state index in [0.717, 1.165) is 0 Å². The van der Waals surface area contributed by atoms with Crippen LogP contribution in [0.5, 0.6) is 0 Å². The Bertz CT molecular complexity index is 451. The molecule has 0 amide bonds. The van der Waals surface area contributed by atoms with Crippen LogP contribution in [0.4, 0.5) is 0 Å². The zero-order valence-electron chi connectivity index (χ0n) is 12.6. The molecule has 2 rings (SSSR count). The second kappa shape index (κ2) is 5.24. The van der Waals surface area contributed by atoms with Crippen molar-refractivity contribution >= 4 is 20.3 Å². The second-order valence-electron chi connectivity index (χ2n) is 6.38. The number of esters is 2. The Balaban J connectivity index is 2.35. The number of carbonyl (C=O) groups is 2. The van der Waals surface area contributed by atoms with Crippen LogP contribution in [0.15, 0.2) is 11.8 Å². The van der Waals surface area contributed by atoms with Gasteiger partial charge in [-0.3, -0.25) is 9.59 Å². The monoisotopic (exact) mass is 298 g/mol. The number of methoxy groups -OCH3 is 1. The summed E-state index contributed by atoms with van der Waals surface area (Å²) >= 11 is 0. The molecule has 0 bridgehead atoms. The first kappa shape index (κ1) is 15.1. The zero-order valence-corrected chi connectivity index (χ0v) is 13.6. The Hall–Kier alpha value is -1.30. The van der Waals surface area contributed by atoms with Gasteiger partial charge in [0.2, 0.25) is 8.32 Å². The van der Waals surface area contributed by atoms with Gasteiger partial charge < -0.3 is 13.9 Å². The fourth-order valence-electron chi connectivity index (χ4n) is 3.01. The maximum absolute atomic E-state index is 12.2. The normalized spacial score (nSPS) is 33.0. The lowest BCUT2D eigenvalue weighted by Crippen LogP contribution is -2.40. The van der Waals surface area contributed by atoms with E-state index in [1.54, 1.807) is 0 Å². The zero-order chi connectivity index (χ0) is 15.1. The lowest BCUT2D eigenvalue weighted by Gasteiger charge is -2.34. The first-order chi connectivity index (χ1) is 9.24. The smallest absolute Gasteiger partial charge is 0.316 e. The van der Waals surface area contributed by atoms with Crippen molar-refractivity contribution in [1.82, 2.24) is 0 Å². The number of rotatable bonds is 3. The van der Waals surface area contributed by atoms with Crippen molar-refractivity contribution in [3.63, 3.8) is 0 Å². The summed E-state index contributed by atoms with van der Waals surface area (Å²) in [6.45, 7) is 8.02. The van der Waals surface area contributed by atoms with Crippen LogP contribution in [0.2, 0.25) is 19.6 Å². The molecular weight excluding hydrogens is 276 g/mol. The quantitative estimate of drug-likeness (QED) is 0.590. The Labute approximate surface area is 120 Å². The molecule has 1 heterocycles. The molecule has 1 saturated heterocycles. The second-order valence-corrected chi connectivity index (χ2v) is 10.8. The van der Waals surface area contributed by atoms with Gasteiger partial charge in [0.25, 0.3) is 0 Å². The van der Waals surface area contributed by atoms with Crippen LogP contribution in [-0.4, -0.2) is 33.5 Å². The molecule has 112 valence electrons. The van der Waals surface area contributed by atoms with E-state index in [1.165, 1.54) is 7.11 Å². The molecule has 0 N–H and O–H groups in total. The molecule has 2 aliphatic rings. The minimum atomic E-state index is -1.83. The molecule has 0 aromatic carbocycles. The molecule has 0 radical (unpaired) electrons. The Morgan fingerprint density at radius 1 is 1.40 bits per heavy atom. The molecule has 1 aliphatic carbocycles. The van der Waals surface area contributed by atoms with Crippen molar-refractivity contribution in [3.05, 3.63) is 11.8 Å². The van der Waals surface area contributed by atoms with Gasteiger partial charge in [-0.15, -0.1) is 0 Å². The molecule has 0 aromatic heterocycles. The van der Waals surface area contributed by atoms with Gasteiger partial charge in [0.15, 0.2) is 0 Å². The molecule has 1 fully saturated rings. The fourth-order valence-corrected chi connectivity index (χ4v) is 3.93. The third-order valence-corrected chi connectivity index (χ3v) is 4.60. The van der Waals surface area contributed by atoms with Gasteiger partial charge in [0, 0.05) is 5.92 Å². The number of fused-ring (bicyclic) bond motifs is 1. The molecule has 6 heteroatoms. The maximum Gasteiger partial charge on any atom is 0.316 e. The predicted octanol–water partition coefficient (Wildman–Crippen LogP) is 2.09. The van der Waals surface area contributed by atoms with Crippen LogP contribution in [0.3, 0.4) is 0 Å². The molecular formula is C14H22O5Si. The van der Waals surface area contributed by atoms with E-state index in [2.05, 4.69) is 19.6 Å². The highest BCUT2D eigenvalue weighted by Crippen LogP contribution is 2.44. The van der Waals surface area contributed by atoms with Crippen LogP contribution in [0.25, 0.3) is 0 Å². The maximum atomic E-state index is 12.2. The average Bonchev–Trinajstić information content (AvgIpc) is 2.62. The summed E-state index contributed by atoms with van der Waals surface area (Å²) in [4.78, 5) is 24.0. The van der Waals surface area contributed by atoms with Gasteiger partial charge in [0.1, 0.15) is 12.0 Å². The van der Waals surface area contributed by atoms with Crippen LogP contribution < -0.4 is 0 Å².